The molecule has 1 aromatic heterocycles. The Morgan fingerprint density at radius 2 is 2.00 bits per heavy atom. The van der Waals surface area contributed by atoms with Gasteiger partial charge in [0.05, 0.1) is 28.2 Å². The number of anilines is 1. The molecule has 0 aliphatic carbocycles. The molecule has 1 amide bonds. The summed E-state index contributed by atoms with van der Waals surface area (Å²) in [5.41, 5.74) is 3.19. The van der Waals surface area contributed by atoms with Gasteiger partial charge in [0.15, 0.2) is 0 Å². The molecule has 2 aliphatic rings. The summed E-state index contributed by atoms with van der Waals surface area (Å²) in [6.07, 6.45) is 3.71. The minimum absolute atomic E-state index is 0.00500. The minimum Gasteiger partial charge on any atom is -0.329 e. The molecular formula is C22H23N3O3S2. The summed E-state index contributed by atoms with van der Waals surface area (Å²) in [6, 6.07) is 13.3. The molecule has 2 aromatic carbocycles. The van der Waals surface area contributed by atoms with E-state index in [1.807, 2.05) is 36.1 Å². The summed E-state index contributed by atoms with van der Waals surface area (Å²) in [5.74, 6) is -0.00925. The standard InChI is InChI=1S/C22H23N3O3S2/c1-14-12-16-13-15(9-10-18(16)25(14)30(2,27)28)22(26)24-11-5-7-19(24)21-23-17-6-3-4-8-20(17)29-21/h3-4,6,8-10,13-14,19H,5,7,11-12H2,1-2H3/t14-,19+/m0/s1. The van der Waals surface area contributed by atoms with Crippen LogP contribution < -0.4 is 4.31 Å². The van der Waals surface area contributed by atoms with Crippen LogP contribution in [0, 0.1) is 0 Å². The number of likely N-dealkylation sites (tertiary alicyclic amines) is 1. The van der Waals surface area contributed by atoms with Gasteiger partial charge in [0.1, 0.15) is 5.01 Å². The monoisotopic (exact) mass is 441 g/mol. The highest BCUT2D eigenvalue weighted by Gasteiger charge is 2.35. The third kappa shape index (κ3) is 3.18. The molecule has 0 N–H and O–H groups in total. The third-order valence-corrected chi connectivity index (χ3v) is 8.35. The second-order valence-corrected chi connectivity index (χ2v) is 11.1. The van der Waals surface area contributed by atoms with Crippen LogP contribution >= 0.6 is 11.3 Å². The van der Waals surface area contributed by atoms with Crippen LogP contribution in [0.15, 0.2) is 42.5 Å². The number of carbonyl (C=O) groups is 1. The highest BCUT2D eigenvalue weighted by Crippen LogP contribution is 2.39. The second-order valence-electron chi connectivity index (χ2n) is 8.13. The minimum atomic E-state index is -3.34. The van der Waals surface area contributed by atoms with Crippen molar-refractivity contribution in [1.82, 2.24) is 9.88 Å². The first-order chi connectivity index (χ1) is 14.3. The van der Waals surface area contributed by atoms with Crippen molar-refractivity contribution in [1.29, 1.82) is 0 Å². The smallest absolute Gasteiger partial charge is 0.254 e. The van der Waals surface area contributed by atoms with E-state index in [1.54, 1.807) is 23.5 Å². The lowest BCUT2D eigenvalue weighted by Gasteiger charge is -2.24. The van der Waals surface area contributed by atoms with Gasteiger partial charge in [0, 0.05) is 18.2 Å². The van der Waals surface area contributed by atoms with Crippen LogP contribution in [-0.2, 0) is 16.4 Å². The van der Waals surface area contributed by atoms with E-state index in [0.717, 1.165) is 33.6 Å². The molecule has 0 radical (unpaired) electrons. The summed E-state index contributed by atoms with van der Waals surface area (Å²) in [6.45, 7) is 2.61. The fraction of sp³-hybridized carbons (Fsp3) is 0.364. The predicted octanol–water partition coefficient (Wildman–Crippen LogP) is 3.98. The topological polar surface area (TPSA) is 70.6 Å². The van der Waals surface area contributed by atoms with Crippen LogP contribution in [0.2, 0.25) is 0 Å². The predicted molar refractivity (Wildman–Crippen MR) is 120 cm³/mol. The lowest BCUT2D eigenvalue weighted by molar-refractivity contribution is 0.0735. The number of rotatable bonds is 3. The van der Waals surface area contributed by atoms with E-state index in [0.29, 0.717) is 24.2 Å². The van der Waals surface area contributed by atoms with Crippen LogP contribution in [0.4, 0.5) is 5.69 Å². The van der Waals surface area contributed by atoms with Crippen LogP contribution in [-0.4, -0.2) is 43.1 Å². The highest BCUT2D eigenvalue weighted by molar-refractivity contribution is 7.92. The van der Waals surface area contributed by atoms with Gasteiger partial charge in [-0.05, 0) is 62.1 Å². The van der Waals surface area contributed by atoms with Crippen molar-refractivity contribution in [3.63, 3.8) is 0 Å². The van der Waals surface area contributed by atoms with E-state index < -0.39 is 10.0 Å². The first-order valence-electron chi connectivity index (χ1n) is 10.1. The fourth-order valence-corrected chi connectivity index (χ4v) is 7.09. The summed E-state index contributed by atoms with van der Waals surface area (Å²) in [7, 11) is -3.34. The maximum Gasteiger partial charge on any atom is 0.254 e. The van der Waals surface area contributed by atoms with Gasteiger partial charge in [0.2, 0.25) is 10.0 Å². The van der Waals surface area contributed by atoms with E-state index in [-0.39, 0.29) is 18.0 Å². The summed E-state index contributed by atoms with van der Waals surface area (Å²) in [5, 5.41) is 0.986. The summed E-state index contributed by atoms with van der Waals surface area (Å²) >= 11 is 1.66. The Hall–Kier alpha value is -2.45. The molecule has 2 atom stereocenters. The van der Waals surface area contributed by atoms with E-state index in [2.05, 4.69) is 6.07 Å². The molecule has 8 heteroatoms. The Morgan fingerprint density at radius 1 is 1.20 bits per heavy atom. The number of aromatic nitrogens is 1. The van der Waals surface area contributed by atoms with Gasteiger partial charge < -0.3 is 4.90 Å². The molecule has 2 aliphatic heterocycles. The Balaban J connectivity index is 1.45. The summed E-state index contributed by atoms with van der Waals surface area (Å²) < 4.78 is 26.9. The number of hydrogen-bond donors (Lipinski definition) is 0. The first kappa shape index (κ1) is 19.5. The molecule has 5 rings (SSSR count). The Morgan fingerprint density at radius 3 is 2.77 bits per heavy atom. The van der Waals surface area contributed by atoms with E-state index in [9.17, 15) is 13.2 Å². The molecule has 0 unspecified atom stereocenters. The molecule has 156 valence electrons. The number of para-hydroxylation sites is 1. The van der Waals surface area contributed by atoms with Crippen LogP contribution in [0.3, 0.4) is 0 Å². The Bertz CT molecular complexity index is 1220. The second kappa shape index (κ2) is 7.06. The van der Waals surface area contributed by atoms with Crippen molar-refractivity contribution >= 4 is 43.2 Å². The van der Waals surface area contributed by atoms with Crippen LogP contribution in [0.1, 0.15) is 46.7 Å². The van der Waals surface area contributed by atoms with Gasteiger partial charge in [-0.2, -0.15) is 0 Å². The van der Waals surface area contributed by atoms with Crippen molar-refractivity contribution in [2.75, 3.05) is 17.1 Å². The van der Waals surface area contributed by atoms with Gasteiger partial charge in [-0.25, -0.2) is 13.4 Å². The van der Waals surface area contributed by atoms with E-state index in [4.69, 9.17) is 4.98 Å². The molecule has 1 saturated heterocycles. The molecule has 3 heterocycles. The molecule has 0 saturated carbocycles. The van der Waals surface area contributed by atoms with Gasteiger partial charge in [0.25, 0.3) is 5.91 Å². The van der Waals surface area contributed by atoms with Crippen LogP contribution in [0.5, 0.6) is 0 Å². The van der Waals surface area contributed by atoms with Gasteiger partial charge in [-0.1, -0.05) is 12.1 Å². The maximum atomic E-state index is 13.4. The Kier molecular flexibility index (Phi) is 4.59. The zero-order valence-electron chi connectivity index (χ0n) is 16.9. The number of sulfonamides is 1. The van der Waals surface area contributed by atoms with Crippen LogP contribution in [0.25, 0.3) is 10.2 Å². The summed E-state index contributed by atoms with van der Waals surface area (Å²) in [4.78, 5) is 20.1. The fourth-order valence-electron chi connectivity index (χ4n) is 4.71. The lowest BCUT2D eigenvalue weighted by Crippen LogP contribution is -2.34. The van der Waals surface area contributed by atoms with Gasteiger partial charge in [-0.3, -0.25) is 9.10 Å². The molecule has 0 spiro atoms. The Labute approximate surface area is 180 Å². The SMILES string of the molecule is C[C@H]1Cc2cc(C(=O)N3CCC[C@@H]3c3nc4ccccc4s3)ccc2N1S(C)(=O)=O. The highest BCUT2D eigenvalue weighted by atomic mass is 32.2. The van der Waals surface area contributed by atoms with Crippen molar-refractivity contribution < 1.29 is 13.2 Å². The zero-order chi connectivity index (χ0) is 21.0. The number of hydrogen-bond acceptors (Lipinski definition) is 5. The van der Waals surface area contributed by atoms with Crippen molar-refractivity contribution in [3.8, 4) is 0 Å². The lowest BCUT2D eigenvalue weighted by atomic mass is 10.1. The van der Waals surface area contributed by atoms with E-state index in [1.165, 1.54) is 10.6 Å². The molecule has 6 nitrogen and oxygen atoms in total. The number of amides is 1. The number of nitrogens with zero attached hydrogens (tertiary/aromatic N) is 3. The number of fused-ring (bicyclic) bond motifs is 2. The van der Waals surface area contributed by atoms with Gasteiger partial charge in [-0.15, -0.1) is 11.3 Å². The number of carbonyl (C=O) groups excluding carboxylic acids is 1. The zero-order valence-corrected chi connectivity index (χ0v) is 18.5. The molecule has 1 fully saturated rings. The van der Waals surface area contributed by atoms with E-state index >= 15 is 0 Å². The molecular weight excluding hydrogens is 418 g/mol. The third-order valence-electron chi connectivity index (χ3n) is 5.95. The first-order valence-corrected chi connectivity index (χ1v) is 12.8. The van der Waals surface area contributed by atoms with Gasteiger partial charge >= 0.3 is 0 Å². The average molecular weight is 442 g/mol. The van der Waals surface area contributed by atoms with Crippen molar-refractivity contribution in [2.24, 2.45) is 0 Å². The quantitative estimate of drug-likeness (QED) is 0.616. The van der Waals surface area contributed by atoms with Crippen molar-refractivity contribution in [2.45, 2.75) is 38.3 Å². The number of thiazole rings is 1. The molecule has 0 bridgehead atoms. The largest absolute Gasteiger partial charge is 0.329 e. The molecule has 3 aromatic rings. The number of benzene rings is 2. The van der Waals surface area contributed by atoms with Crippen molar-refractivity contribution in [3.05, 3.63) is 58.6 Å². The normalized spacial score (nSPS) is 21.4. The average Bonchev–Trinajstić information content (AvgIpc) is 3.40. The molecule has 30 heavy (non-hydrogen) atoms. The maximum absolute atomic E-state index is 13.4.